The van der Waals surface area contributed by atoms with Crippen molar-refractivity contribution in [1.82, 2.24) is 0 Å². The van der Waals surface area contributed by atoms with Crippen LogP contribution in [0.5, 0.6) is 0 Å². The van der Waals surface area contributed by atoms with Crippen LogP contribution >= 0.6 is 0 Å². The molecule has 1 aromatic carbocycles. The third kappa shape index (κ3) is 4.12. The SMILES string of the molecule is CC(=O)OC12CC3CC(CC(OCCOC(=O)c4ccc([N+](=O)[O-])cc4)(C3)C1)C2. The Labute approximate surface area is 168 Å². The van der Waals surface area contributed by atoms with Crippen LogP contribution in [-0.2, 0) is 19.0 Å². The molecular weight excluding hydrogens is 378 g/mol. The second-order valence-electron chi connectivity index (χ2n) is 8.71. The summed E-state index contributed by atoms with van der Waals surface area (Å²) in [6.45, 7) is 1.84. The predicted octanol–water partition coefficient (Wildman–Crippen LogP) is 3.42. The van der Waals surface area contributed by atoms with Crippen molar-refractivity contribution in [3.63, 3.8) is 0 Å². The van der Waals surface area contributed by atoms with Gasteiger partial charge in [-0.05, 0) is 56.1 Å². The maximum atomic E-state index is 12.1. The normalized spacial score (nSPS) is 32.0. The summed E-state index contributed by atoms with van der Waals surface area (Å²) in [5.41, 5.74) is -0.516. The first-order valence-corrected chi connectivity index (χ1v) is 10.0. The number of non-ortho nitro benzene ring substituents is 1. The zero-order valence-electron chi connectivity index (χ0n) is 16.4. The fourth-order valence-corrected chi connectivity index (χ4v) is 5.88. The average molecular weight is 403 g/mol. The van der Waals surface area contributed by atoms with E-state index in [9.17, 15) is 19.7 Å². The van der Waals surface area contributed by atoms with Gasteiger partial charge in [-0.2, -0.15) is 0 Å². The summed E-state index contributed by atoms with van der Waals surface area (Å²) < 4.78 is 17.2. The molecule has 0 radical (unpaired) electrons. The second kappa shape index (κ2) is 7.40. The lowest BCUT2D eigenvalue weighted by Crippen LogP contribution is -2.61. The summed E-state index contributed by atoms with van der Waals surface area (Å²) in [5.74, 6) is 0.251. The minimum atomic E-state index is -0.537. The Morgan fingerprint density at radius 1 is 1.07 bits per heavy atom. The molecule has 4 fully saturated rings. The molecule has 0 aromatic heterocycles. The number of esters is 2. The van der Waals surface area contributed by atoms with Gasteiger partial charge >= 0.3 is 11.9 Å². The highest BCUT2D eigenvalue weighted by molar-refractivity contribution is 5.89. The van der Waals surface area contributed by atoms with Crippen molar-refractivity contribution in [2.45, 2.75) is 56.7 Å². The molecule has 8 nitrogen and oxygen atoms in total. The van der Waals surface area contributed by atoms with Crippen LogP contribution in [0.2, 0.25) is 0 Å². The predicted molar refractivity (Wildman–Crippen MR) is 101 cm³/mol. The Kier molecular flexibility index (Phi) is 5.06. The Morgan fingerprint density at radius 3 is 2.28 bits per heavy atom. The maximum Gasteiger partial charge on any atom is 0.338 e. The molecule has 5 rings (SSSR count). The van der Waals surface area contributed by atoms with Crippen molar-refractivity contribution in [3.05, 3.63) is 39.9 Å². The quantitative estimate of drug-likeness (QED) is 0.297. The van der Waals surface area contributed by atoms with Crippen LogP contribution in [0.4, 0.5) is 5.69 Å². The fourth-order valence-electron chi connectivity index (χ4n) is 5.88. The van der Waals surface area contributed by atoms with Crippen molar-refractivity contribution in [1.29, 1.82) is 0 Å². The van der Waals surface area contributed by atoms with Crippen molar-refractivity contribution in [2.75, 3.05) is 13.2 Å². The Morgan fingerprint density at radius 2 is 1.69 bits per heavy atom. The average Bonchev–Trinajstić information content (AvgIpc) is 2.63. The maximum absolute atomic E-state index is 12.1. The highest BCUT2D eigenvalue weighted by atomic mass is 16.6. The minimum absolute atomic E-state index is 0.0755. The van der Waals surface area contributed by atoms with Gasteiger partial charge in [0.05, 0.1) is 22.7 Å². The molecule has 0 spiro atoms. The molecule has 0 N–H and O–H groups in total. The van der Waals surface area contributed by atoms with Gasteiger partial charge in [0.15, 0.2) is 0 Å². The van der Waals surface area contributed by atoms with Crippen LogP contribution in [0.1, 0.15) is 55.8 Å². The topological polar surface area (TPSA) is 105 Å². The van der Waals surface area contributed by atoms with Crippen LogP contribution in [0, 0.1) is 22.0 Å². The molecule has 1 aromatic rings. The third-order valence-corrected chi connectivity index (χ3v) is 6.35. The van der Waals surface area contributed by atoms with E-state index < -0.39 is 16.5 Å². The summed E-state index contributed by atoms with van der Waals surface area (Å²) in [6, 6.07) is 5.31. The van der Waals surface area contributed by atoms with Crippen molar-refractivity contribution in [3.8, 4) is 0 Å². The molecule has 0 heterocycles. The van der Waals surface area contributed by atoms with Gasteiger partial charge in [0.1, 0.15) is 12.2 Å². The third-order valence-electron chi connectivity index (χ3n) is 6.35. The van der Waals surface area contributed by atoms with E-state index >= 15 is 0 Å². The number of carbonyl (C=O) groups is 2. The van der Waals surface area contributed by atoms with Crippen LogP contribution in [0.15, 0.2) is 24.3 Å². The van der Waals surface area contributed by atoms with E-state index in [4.69, 9.17) is 14.2 Å². The number of hydrogen-bond acceptors (Lipinski definition) is 7. The first kappa shape index (κ1) is 19.8. The van der Waals surface area contributed by atoms with E-state index in [-0.39, 0.29) is 36.0 Å². The summed E-state index contributed by atoms with van der Waals surface area (Å²) in [7, 11) is 0. The number of nitro benzene ring substituents is 1. The van der Waals surface area contributed by atoms with E-state index in [0.717, 1.165) is 25.7 Å². The Hall–Kier alpha value is -2.48. The number of carbonyl (C=O) groups excluding carboxylic acids is 2. The highest BCUT2D eigenvalue weighted by Crippen LogP contribution is 2.60. The number of benzene rings is 1. The molecule has 2 unspecified atom stereocenters. The summed E-state index contributed by atoms with van der Waals surface area (Å²) in [4.78, 5) is 33.9. The molecule has 2 atom stereocenters. The van der Waals surface area contributed by atoms with Gasteiger partial charge in [-0.15, -0.1) is 0 Å². The molecule has 29 heavy (non-hydrogen) atoms. The summed E-state index contributed by atoms with van der Waals surface area (Å²) in [5, 5.41) is 10.7. The van der Waals surface area contributed by atoms with Gasteiger partial charge in [-0.3, -0.25) is 14.9 Å². The van der Waals surface area contributed by atoms with E-state index in [0.29, 0.717) is 18.3 Å². The number of hydrogen-bond donors (Lipinski definition) is 0. The molecule has 4 aliphatic carbocycles. The van der Waals surface area contributed by atoms with Crippen LogP contribution < -0.4 is 0 Å². The number of nitro groups is 1. The number of rotatable bonds is 7. The van der Waals surface area contributed by atoms with Crippen molar-refractivity contribution in [2.24, 2.45) is 11.8 Å². The van der Waals surface area contributed by atoms with Crippen molar-refractivity contribution >= 4 is 17.6 Å². The molecule has 4 bridgehead atoms. The van der Waals surface area contributed by atoms with Crippen LogP contribution in [0.25, 0.3) is 0 Å². The van der Waals surface area contributed by atoms with E-state index in [1.807, 2.05) is 0 Å². The molecule has 8 heteroatoms. The highest BCUT2D eigenvalue weighted by Gasteiger charge is 2.60. The van der Waals surface area contributed by atoms with Crippen molar-refractivity contribution < 1.29 is 28.7 Å². The standard InChI is InChI=1S/C21H25NO7/c1-14(23)29-21-11-15-8-16(12-21)10-20(9-15,13-21)28-7-6-27-19(24)17-2-4-18(5-3-17)22(25)26/h2-5,15-16H,6-13H2,1H3. The van der Waals surface area contributed by atoms with Gasteiger partial charge in [0.2, 0.25) is 0 Å². The first-order chi connectivity index (χ1) is 13.8. The molecule has 4 saturated carbocycles. The Bertz CT molecular complexity index is 805. The van der Waals surface area contributed by atoms with E-state index in [1.54, 1.807) is 0 Å². The molecule has 0 aliphatic heterocycles. The molecule has 4 aliphatic rings. The molecular formula is C21H25NO7. The van der Waals surface area contributed by atoms with E-state index in [2.05, 4.69) is 0 Å². The number of nitrogens with zero attached hydrogens (tertiary/aromatic N) is 1. The zero-order chi connectivity index (χ0) is 20.6. The summed E-state index contributed by atoms with van der Waals surface area (Å²) >= 11 is 0. The van der Waals surface area contributed by atoms with Gasteiger partial charge < -0.3 is 14.2 Å². The minimum Gasteiger partial charge on any atom is -0.460 e. The fraction of sp³-hybridized carbons (Fsp3) is 0.619. The van der Waals surface area contributed by atoms with Gasteiger partial charge in [-0.25, -0.2) is 4.79 Å². The first-order valence-electron chi connectivity index (χ1n) is 10.0. The monoisotopic (exact) mass is 403 g/mol. The second-order valence-corrected chi connectivity index (χ2v) is 8.71. The number of ether oxygens (including phenoxy) is 3. The van der Waals surface area contributed by atoms with Crippen LogP contribution in [0.3, 0.4) is 0 Å². The lowest BCUT2D eigenvalue weighted by atomic mass is 9.52. The lowest BCUT2D eigenvalue weighted by molar-refractivity contribution is -0.384. The van der Waals surface area contributed by atoms with E-state index in [1.165, 1.54) is 37.6 Å². The van der Waals surface area contributed by atoms with Gasteiger partial charge in [0.25, 0.3) is 5.69 Å². The molecule has 156 valence electrons. The van der Waals surface area contributed by atoms with Gasteiger partial charge in [0, 0.05) is 25.5 Å². The van der Waals surface area contributed by atoms with Crippen LogP contribution in [-0.4, -0.2) is 41.3 Å². The smallest absolute Gasteiger partial charge is 0.338 e. The molecule has 0 amide bonds. The van der Waals surface area contributed by atoms with Gasteiger partial charge in [-0.1, -0.05) is 0 Å². The largest absolute Gasteiger partial charge is 0.460 e. The lowest BCUT2D eigenvalue weighted by Gasteiger charge is -2.60. The molecule has 0 saturated heterocycles. The Balaban J connectivity index is 1.31. The zero-order valence-corrected chi connectivity index (χ0v) is 16.4. The summed E-state index contributed by atoms with van der Waals surface area (Å²) in [6.07, 6.45) is 5.64.